The fourth-order valence-electron chi connectivity index (χ4n) is 0.702. The van der Waals surface area contributed by atoms with Crippen LogP contribution in [0.2, 0.25) is 0 Å². The van der Waals surface area contributed by atoms with E-state index in [1.54, 1.807) is 0 Å². The number of alkyl halides is 1. The lowest BCUT2D eigenvalue weighted by Gasteiger charge is -2.00. The highest BCUT2D eigenvalue weighted by Gasteiger charge is 1.93. The van der Waals surface area contributed by atoms with Crippen LogP contribution in [0.25, 0.3) is 0 Å². The van der Waals surface area contributed by atoms with Crippen LogP contribution >= 0.6 is 11.6 Å². The van der Waals surface area contributed by atoms with Crippen LogP contribution < -0.4 is 0 Å². The van der Waals surface area contributed by atoms with Crippen molar-refractivity contribution >= 4 is 11.6 Å². The number of rotatable bonds is 3. The second-order valence-electron chi connectivity index (χ2n) is 2.62. The predicted octanol–water partition coefficient (Wildman–Crippen LogP) is 3.37. The van der Waals surface area contributed by atoms with Crippen molar-refractivity contribution in [1.29, 1.82) is 0 Å². The summed E-state index contributed by atoms with van der Waals surface area (Å²) in [5, 5.41) is 0. The standard InChI is InChI=1S/C10H15Cl/c1-4-5-6-7-9(2)10(3)8-11/h6-8H2,1-3H3/b10-9+. The van der Waals surface area contributed by atoms with Gasteiger partial charge in [-0.3, -0.25) is 0 Å². The molecule has 0 aliphatic carbocycles. The van der Waals surface area contributed by atoms with Crippen LogP contribution in [0.3, 0.4) is 0 Å². The van der Waals surface area contributed by atoms with Crippen molar-refractivity contribution in [2.24, 2.45) is 0 Å². The molecule has 0 bridgehead atoms. The molecule has 0 aromatic rings. The van der Waals surface area contributed by atoms with Gasteiger partial charge in [0.05, 0.1) is 0 Å². The Balaban J connectivity index is 3.82. The average molecular weight is 171 g/mol. The number of halogens is 1. The van der Waals surface area contributed by atoms with E-state index < -0.39 is 0 Å². The fourth-order valence-corrected chi connectivity index (χ4v) is 0.931. The zero-order valence-corrected chi connectivity index (χ0v) is 8.26. The monoisotopic (exact) mass is 170 g/mol. The van der Waals surface area contributed by atoms with Gasteiger partial charge in [-0.25, -0.2) is 0 Å². The highest BCUT2D eigenvalue weighted by Crippen LogP contribution is 2.10. The lowest BCUT2D eigenvalue weighted by atomic mass is 10.1. The van der Waals surface area contributed by atoms with Crippen molar-refractivity contribution in [2.75, 3.05) is 5.88 Å². The van der Waals surface area contributed by atoms with E-state index in [0.29, 0.717) is 5.88 Å². The van der Waals surface area contributed by atoms with Crippen LogP contribution in [-0.4, -0.2) is 5.88 Å². The zero-order chi connectivity index (χ0) is 8.69. The largest absolute Gasteiger partial charge is 0.122 e. The van der Waals surface area contributed by atoms with Crippen LogP contribution in [0.5, 0.6) is 0 Å². The normalized spacial score (nSPS) is 11.6. The van der Waals surface area contributed by atoms with Gasteiger partial charge < -0.3 is 0 Å². The van der Waals surface area contributed by atoms with Gasteiger partial charge in [-0.2, -0.15) is 0 Å². The Hall–Kier alpha value is -0.410. The van der Waals surface area contributed by atoms with Crippen molar-refractivity contribution in [2.45, 2.75) is 33.6 Å². The fraction of sp³-hybridized carbons (Fsp3) is 0.600. The molecule has 0 spiro atoms. The zero-order valence-electron chi connectivity index (χ0n) is 7.50. The predicted molar refractivity (Wildman–Crippen MR) is 51.8 cm³/mol. The SMILES string of the molecule is CC#CCC/C(C)=C(\C)CCl. The van der Waals surface area contributed by atoms with Crippen LogP contribution in [0.15, 0.2) is 11.1 Å². The van der Waals surface area contributed by atoms with Crippen LogP contribution in [0.4, 0.5) is 0 Å². The maximum atomic E-state index is 5.67. The van der Waals surface area contributed by atoms with Crippen LogP contribution in [0.1, 0.15) is 33.6 Å². The summed E-state index contributed by atoms with van der Waals surface area (Å²) in [7, 11) is 0. The third-order valence-electron chi connectivity index (χ3n) is 1.73. The number of allylic oxidation sites excluding steroid dienone is 2. The number of hydrogen-bond donors (Lipinski definition) is 0. The summed E-state index contributed by atoms with van der Waals surface area (Å²) in [6.07, 6.45) is 2.01. The van der Waals surface area contributed by atoms with Crippen LogP contribution in [0, 0.1) is 11.8 Å². The third-order valence-corrected chi connectivity index (χ3v) is 2.13. The Labute approximate surface area is 74.6 Å². The molecule has 1 heteroatoms. The van der Waals surface area contributed by atoms with E-state index in [4.69, 9.17) is 11.6 Å². The lowest BCUT2D eigenvalue weighted by molar-refractivity contribution is 0.975. The molecular weight excluding hydrogens is 156 g/mol. The summed E-state index contributed by atoms with van der Waals surface area (Å²) in [4.78, 5) is 0. The molecule has 0 N–H and O–H groups in total. The van der Waals surface area contributed by atoms with Gasteiger partial charge >= 0.3 is 0 Å². The molecule has 0 heterocycles. The van der Waals surface area contributed by atoms with Crippen molar-refractivity contribution in [3.63, 3.8) is 0 Å². The molecule has 0 aromatic carbocycles. The molecule has 0 amide bonds. The van der Waals surface area contributed by atoms with Crippen LogP contribution in [-0.2, 0) is 0 Å². The lowest BCUT2D eigenvalue weighted by Crippen LogP contribution is -1.85. The van der Waals surface area contributed by atoms with Gasteiger partial charge in [0.15, 0.2) is 0 Å². The maximum absolute atomic E-state index is 5.67. The van der Waals surface area contributed by atoms with Gasteiger partial charge in [0, 0.05) is 12.3 Å². The molecule has 0 unspecified atom stereocenters. The first-order chi connectivity index (χ1) is 5.22. The van der Waals surface area contributed by atoms with Gasteiger partial charge in [0.25, 0.3) is 0 Å². The molecule has 0 aliphatic rings. The molecular formula is C10H15Cl. The summed E-state index contributed by atoms with van der Waals surface area (Å²) >= 11 is 5.67. The minimum absolute atomic E-state index is 0.644. The average Bonchev–Trinajstić information content (AvgIpc) is 2.03. The summed E-state index contributed by atoms with van der Waals surface area (Å²) in [5.74, 6) is 6.55. The van der Waals surface area contributed by atoms with E-state index >= 15 is 0 Å². The van der Waals surface area contributed by atoms with Crippen molar-refractivity contribution in [3.05, 3.63) is 11.1 Å². The topological polar surface area (TPSA) is 0 Å². The van der Waals surface area contributed by atoms with Crippen molar-refractivity contribution < 1.29 is 0 Å². The molecule has 0 saturated carbocycles. The van der Waals surface area contributed by atoms with E-state index in [1.807, 2.05) is 6.92 Å². The Morgan fingerprint density at radius 2 is 1.91 bits per heavy atom. The highest BCUT2D eigenvalue weighted by molar-refractivity contribution is 6.19. The Kier molecular flexibility index (Phi) is 6.07. The first-order valence-electron chi connectivity index (χ1n) is 3.83. The first kappa shape index (κ1) is 10.6. The highest BCUT2D eigenvalue weighted by atomic mass is 35.5. The second kappa shape index (κ2) is 6.31. The molecule has 0 rings (SSSR count). The van der Waals surface area contributed by atoms with Crippen molar-refractivity contribution in [3.8, 4) is 11.8 Å². The molecule has 0 saturated heterocycles. The van der Waals surface area contributed by atoms with E-state index in [-0.39, 0.29) is 0 Å². The second-order valence-corrected chi connectivity index (χ2v) is 2.89. The number of hydrogen-bond acceptors (Lipinski definition) is 0. The molecule has 11 heavy (non-hydrogen) atoms. The third kappa shape index (κ3) is 4.93. The summed E-state index contributed by atoms with van der Waals surface area (Å²) in [6.45, 7) is 6.06. The van der Waals surface area contributed by atoms with Gasteiger partial charge in [-0.15, -0.1) is 23.4 Å². The van der Waals surface area contributed by atoms with Gasteiger partial charge in [-0.1, -0.05) is 11.1 Å². The Bertz CT molecular complexity index is 191. The summed E-state index contributed by atoms with van der Waals surface area (Å²) < 4.78 is 0. The quantitative estimate of drug-likeness (QED) is 0.346. The maximum Gasteiger partial charge on any atom is 0.0433 e. The molecule has 0 fully saturated rings. The van der Waals surface area contributed by atoms with E-state index in [2.05, 4.69) is 25.7 Å². The molecule has 0 radical (unpaired) electrons. The van der Waals surface area contributed by atoms with Gasteiger partial charge in [0.1, 0.15) is 0 Å². The molecule has 0 atom stereocenters. The summed E-state index contributed by atoms with van der Waals surface area (Å²) in [6, 6.07) is 0. The Morgan fingerprint density at radius 3 is 2.36 bits per heavy atom. The van der Waals surface area contributed by atoms with Crippen molar-refractivity contribution in [1.82, 2.24) is 0 Å². The molecule has 0 aromatic heterocycles. The Morgan fingerprint density at radius 1 is 1.27 bits per heavy atom. The molecule has 0 nitrogen and oxygen atoms in total. The van der Waals surface area contributed by atoms with Gasteiger partial charge in [0.2, 0.25) is 0 Å². The minimum atomic E-state index is 0.644. The van der Waals surface area contributed by atoms with Gasteiger partial charge in [-0.05, 0) is 27.2 Å². The van der Waals surface area contributed by atoms with E-state index in [1.165, 1.54) is 11.1 Å². The molecule has 62 valence electrons. The van der Waals surface area contributed by atoms with E-state index in [0.717, 1.165) is 12.8 Å². The minimum Gasteiger partial charge on any atom is -0.122 e. The smallest absolute Gasteiger partial charge is 0.0433 e. The summed E-state index contributed by atoms with van der Waals surface area (Å²) in [5.41, 5.74) is 2.66. The molecule has 0 aliphatic heterocycles. The van der Waals surface area contributed by atoms with E-state index in [9.17, 15) is 0 Å². The first-order valence-corrected chi connectivity index (χ1v) is 4.36.